The van der Waals surface area contributed by atoms with Gasteiger partial charge in [-0.2, -0.15) is 0 Å². The van der Waals surface area contributed by atoms with Gasteiger partial charge >= 0.3 is 5.97 Å². The van der Waals surface area contributed by atoms with Crippen LogP contribution in [-0.2, 0) is 14.4 Å². The number of halogens is 1. The van der Waals surface area contributed by atoms with Gasteiger partial charge in [0.1, 0.15) is 17.5 Å². The van der Waals surface area contributed by atoms with Crippen LogP contribution in [0.15, 0.2) is 54.6 Å². The number of rotatable bonds is 6. The number of aromatic nitrogens is 4. The maximum Gasteiger partial charge on any atom is 0.328 e. The first-order valence-corrected chi connectivity index (χ1v) is 11.7. The molecule has 2 aliphatic heterocycles. The number of carbonyl (C=O) groups excluding carboxylic acids is 3. The fourth-order valence-electron chi connectivity index (χ4n) is 4.44. The number of amides is 2. The molecule has 0 saturated carbocycles. The fraction of sp³-hybridized carbons (Fsp3) is 0.304. The van der Waals surface area contributed by atoms with Gasteiger partial charge in [0.05, 0.1) is 0 Å². The van der Waals surface area contributed by atoms with Gasteiger partial charge in [-0.1, -0.05) is 42.5 Å². The van der Waals surface area contributed by atoms with Crippen molar-refractivity contribution in [2.75, 3.05) is 0 Å². The zero-order valence-electron chi connectivity index (χ0n) is 18.7. The van der Waals surface area contributed by atoms with E-state index < -0.39 is 40.4 Å². The number of esters is 1. The Balaban J connectivity index is 1.37. The zero-order chi connectivity index (χ0) is 24.7. The van der Waals surface area contributed by atoms with Crippen molar-refractivity contribution >= 4 is 29.5 Å². The third kappa shape index (κ3) is 4.03. The van der Waals surface area contributed by atoms with Crippen LogP contribution in [0.4, 0.5) is 4.39 Å². The molecule has 1 aromatic heterocycles. The summed E-state index contributed by atoms with van der Waals surface area (Å²) in [6.07, 6.45) is 0. The van der Waals surface area contributed by atoms with Crippen LogP contribution in [-0.4, -0.2) is 59.5 Å². The molecule has 4 atom stereocenters. The van der Waals surface area contributed by atoms with Crippen LogP contribution in [0.25, 0.3) is 0 Å². The molecule has 180 valence electrons. The van der Waals surface area contributed by atoms with Gasteiger partial charge in [0.15, 0.2) is 23.3 Å². The normalized spacial score (nSPS) is 23.2. The molecule has 2 amide bonds. The number of fused-ring (bicyclic) bond motifs is 1. The summed E-state index contributed by atoms with van der Waals surface area (Å²) >= 11 is 1.51. The highest BCUT2D eigenvalue weighted by atomic mass is 32.2. The number of carbonyl (C=O) groups is 3. The Morgan fingerprint density at radius 1 is 1.17 bits per heavy atom. The van der Waals surface area contributed by atoms with Gasteiger partial charge in [0.2, 0.25) is 11.8 Å². The number of aromatic amines is 1. The van der Waals surface area contributed by atoms with E-state index in [1.54, 1.807) is 35.2 Å². The largest absolute Gasteiger partial charge is 0.423 e. The average molecular weight is 497 g/mol. The van der Waals surface area contributed by atoms with Crippen LogP contribution < -0.4 is 10.1 Å². The molecular weight excluding hydrogens is 475 g/mol. The predicted molar refractivity (Wildman–Crippen MR) is 122 cm³/mol. The van der Waals surface area contributed by atoms with Gasteiger partial charge in [0.25, 0.3) is 0 Å². The summed E-state index contributed by atoms with van der Waals surface area (Å²) in [5, 5.41) is 16.3. The van der Waals surface area contributed by atoms with Gasteiger partial charge in [-0.3, -0.25) is 14.4 Å². The standard InChI is InChI=1S/C23H21FN6O4S/c1-23(2)17(18-26-28-29-27-18)30-20(32)16(21(30)35-23)25-19(31)15(12-8-4-3-5-9-12)22(33)34-14-11-7-6-10-13(14)24/h3-11,15-17,21H,1-2H3,(H,25,31)(H,26,27,28,29)/t15?,16?,17?,21-/m0/s1. The minimum Gasteiger partial charge on any atom is -0.423 e. The van der Waals surface area contributed by atoms with Gasteiger partial charge in [-0.05, 0) is 42.0 Å². The summed E-state index contributed by atoms with van der Waals surface area (Å²) < 4.78 is 18.9. The van der Waals surface area contributed by atoms with Gasteiger partial charge in [0, 0.05) is 4.75 Å². The number of para-hydroxylation sites is 1. The first kappa shape index (κ1) is 23.0. The molecule has 10 nitrogen and oxygen atoms in total. The maximum absolute atomic E-state index is 14.1. The SMILES string of the molecule is CC1(C)S[C@H]2C(NC(=O)C(C(=O)Oc3ccccc3F)c3ccccc3)C(=O)N2C1c1nnn[nH]1. The predicted octanol–water partition coefficient (Wildman–Crippen LogP) is 1.95. The van der Waals surface area contributed by atoms with Crippen LogP contribution in [0, 0.1) is 5.82 Å². The third-order valence-electron chi connectivity index (χ3n) is 6.04. The van der Waals surface area contributed by atoms with Crippen molar-refractivity contribution in [2.45, 2.75) is 42.0 Å². The molecule has 12 heteroatoms. The van der Waals surface area contributed by atoms with E-state index in [2.05, 4.69) is 25.9 Å². The highest BCUT2D eigenvalue weighted by Crippen LogP contribution is 2.56. The highest BCUT2D eigenvalue weighted by Gasteiger charge is 2.63. The van der Waals surface area contributed by atoms with Crippen LogP contribution >= 0.6 is 11.8 Å². The highest BCUT2D eigenvalue weighted by molar-refractivity contribution is 8.01. The molecule has 2 N–H and O–H groups in total. The van der Waals surface area contributed by atoms with Crippen molar-refractivity contribution in [1.82, 2.24) is 30.8 Å². The summed E-state index contributed by atoms with van der Waals surface area (Å²) in [4.78, 5) is 41.1. The van der Waals surface area contributed by atoms with Crippen LogP contribution in [0.2, 0.25) is 0 Å². The molecule has 2 aliphatic rings. The molecule has 3 heterocycles. The van der Waals surface area contributed by atoms with Crippen LogP contribution in [0.3, 0.4) is 0 Å². The molecule has 0 aliphatic carbocycles. The Hall–Kier alpha value is -3.80. The Bertz CT molecular complexity index is 1270. The smallest absolute Gasteiger partial charge is 0.328 e. The van der Waals surface area contributed by atoms with E-state index in [1.165, 1.54) is 30.0 Å². The molecule has 3 unspecified atom stereocenters. The molecule has 0 bridgehead atoms. The summed E-state index contributed by atoms with van der Waals surface area (Å²) in [6.45, 7) is 3.93. The quantitative estimate of drug-likeness (QED) is 0.229. The van der Waals surface area contributed by atoms with Gasteiger partial charge in [-0.25, -0.2) is 9.49 Å². The summed E-state index contributed by atoms with van der Waals surface area (Å²) in [6, 6.07) is 12.5. The first-order chi connectivity index (χ1) is 16.8. The monoisotopic (exact) mass is 496 g/mol. The Morgan fingerprint density at radius 2 is 1.89 bits per heavy atom. The number of benzene rings is 2. The van der Waals surface area contributed by atoms with Gasteiger partial charge in [-0.15, -0.1) is 16.9 Å². The second-order valence-electron chi connectivity index (χ2n) is 8.73. The summed E-state index contributed by atoms with van der Waals surface area (Å²) in [7, 11) is 0. The molecule has 3 aromatic rings. The van der Waals surface area contributed by atoms with E-state index in [1.807, 2.05) is 13.8 Å². The summed E-state index contributed by atoms with van der Waals surface area (Å²) in [5.74, 6) is -3.92. The number of ether oxygens (including phenoxy) is 1. The van der Waals surface area contributed by atoms with Crippen molar-refractivity contribution in [3.05, 3.63) is 71.8 Å². The third-order valence-corrected chi connectivity index (χ3v) is 7.61. The average Bonchev–Trinajstić information content (AvgIpc) is 3.44. The number of thioether (sulfide) groups is 1. The maximum atomic E-state index is 14.1. The molecule has 2 fully saturated rings. The second kappa shape index (κ2) is 8.77. The molecule has 5 rings (SSSR count). The number of β-lactam (4-membered cyclic amide) rings is 1. The number of tetrazole rings is 1. The zero-order valence-corrected chi connectivity index (χ0v) is 19.5. The van der Waals surface area contributed by atoms with Crippen molar-refractivity contribution < 1.29 is 23.5 Å². The number of nitrogens with zero attached hydrogens (tertiary/aromatic N) is 4. The van der Waals surface area contributed by atoms with E-state index in [9.17, 15) is 18.8 Å². The lowest BCUT2D eigenvalue weighted by atomic mass is 9.94. The van der Waals surface area contributed by atoms with Crippen molar-refractivity contribution in [2.24, 2.45) is 0 Å². The second-order valence-corrected chi connectivity index (χ2v) is 10.5. The van der Waals surface area contributed by atoms with Crippen molar-refractivity contribution in [1.29, 1.82) is 0 Å². The Morgan fingerprint density at radius 3 is 2.57 bits per heavy atom. The van der Waals surface area contributed by atoms with Crippen molar-refractivity contribution in [3.8, 4) is 5.75 Å². The number of H-pyrrole nitrogens is 1. The molecule has 35 heavy (non-hydrogen) atoms. The molecule has 0 spiro atoms. The van der Waals surface area contributed by atoms with E-state index in [4.69, 9.17) is 4.74 Å². The number of hydrogen-bond donors (Lipinski definition) is 2. The lowest BCUT2D eigenvalue weighted by Gasteiger charge is -2.44. The topological polar surface area (TPSA) is 130 Å². The minimum absolute atomic E-state index is 0.284. The summed E-state index contributed by atoms with van der Waals surface area (Å²) in [5.41, 5.74) is 0.361. The van der Waals surface area contributed by atoms with E-state index in [0.717, 1.165) is 6.07 Å². The van der Waals surface area contributed by atoms with Gasteiger partial charge < -0.3 is 15.0 Å². The Labute approximate surface area is 203 Å². The van der Waals surface area contributed by atoms with E-state index >= 15 is 0 Å². The molecule has 0 radical (unpaired) electrons. The molecular formula is C23H21FN6O4S. The van der Waals surface area contributed by atoms with E-state index in [0.29, 0.717) is 11.4 Å². The molecule has 2 aromatic carbocycles. The number of hydrogen-bond acceptors (Lipinski definition) is 8. The number of nitrogens with one attached hydrogen (secondary N) is 2. The van der Waals surface area contributed by atoms with E-state index in [-0.39, 0.29) is 17.0 Å². The van der Waals surface area contributed by atoms with Crippen LogP contribution in [0.1, 0.15) is 37.2 Å². The molecule has 2 saturated heterocycles. The van der Waals surface area contributed by atoms with Crippen molar-refractivity contribution in [3.63, 3.8) is 0 Å². The fourth-order valence-corrected chi connectivity index (χ4v) is 6.08. The minimum atomic E-state index is -1.40. The lowest BCUT2D eigenvalue weighted by molar-refractivity contribution is -0.153. The lowest BCUT2D eigenvalue weighted by Crippen LogP contribution is -2.68. The first-order valence-electron chi connectivity index (χ1n) is 10.8. The Kier molecular flexibility index (Phi) is 5.75. The van der Waals surface area contributed by atoms with Crippen LogP contribution in [0.5, 0.6) is 5.75 Å².